The van der Waals surface area contributed by atoms with Gasteiger partial charge in [-0.25, -0.2) is 0 Å². The van der Waals surface area contributed by atoms with Gasteiger partial charge in [0.2, 0.25) is 6.29 Å². The highest BCUT2D eigenvalue weighted by Gasteiger charge is 2.39. The Bertz CT molecular complexity index is 416. The van der Waals surface area contributed by atoms with Crippen LogP contribution in [0.25, 0.3) is 0 Å². The highest BCUT2D eigenvalue weighted by Crippen LogP contribution is 2.33. The van der Waals surface area contributed by atoms with E-state index in [9.17, 15) is 18.0 Å². The van der Waals surface area contributed by atoms with E-state index in [-0.39, 0.29) is 6.42 Å². The molecule has 0 spiro atoms. The topological polar surface area (TPSA) is 35.5 Å². The van der Waals surface area contributed by atoms with Crippen LogP contribution in [0.5, 0.6) is 0 Å². The molecular formula is C12H11F3O3. The number of hydrogen-bond acceptors (Lipinski definition) is 3. The second-order valence-corrected chi connectivity index (χ2v) is 4.01. The molecule has 0 aliphatic carbocycles. The monoisotopic (exact) mass is 260 g/mol. The van der Waals surface area contributed by atoms with Crippen molar-refractivity contribution in [3.8, 4) is 0 Å². The van der Waals surface area contributed by atoms with Crippen molar-refractivity contribution < 1.29 is 27.4 Å². The molecule has 1 aromatic carbocycles. The first-order chi connectivity index (χ1) is 8.46. The largest absolute Gasteiger partial charge is 0.435 e. The van der Waals surface area contributed by atoms with Crippen LogP contribution in [-0.2, 0) is 14.3 Å². The molecule has 0 unspecified atom stereocenters. The normalized spacial score (nSPS) is 24.1. The molecule has 0 N–H and O–H groups in total. The Morgan fingerprint density at radius 2 is 1.94 bits per heavy atom. The van der Waals surface area contributed by atoms with Gasteiger partial charge in [0, 0.05) is 0 Å². The van der Waals surface area contributed by atoms with Gasteiger partial charge in [-0.05, 0) is 5.56 Å². The predicted octanol–water partition coefficient (Wildman–Crippen LogP) is 2.62. The summed E-state index contributed by atoms with van der Waals surface area (Å²) in [5, 5.41) is 0. The molecule has 1 aromatic rings. The quantitative estimate of drug-likeness (QED) is 0.784. The molecule has 98 valence electrons. The van der Waals surface area contributed by atoms with E-state index >= 15 is 0 Å². The molecule has 1 fully saturated rings. The number of benzene rings is 1. The van der Waals surface area contributed by atoms with Gasteiger partial charge in [-0.2, -0.15) is 13.2 Å². The molecule has 2 atom stereocenters. The molecule has 0 amide bonds. The van der Waals surface area contributed by atoms with Crippen molar-refractivity contribution in [1.29, 1.82) is 0 Å². The summed E-state index contributed by atoms with van der Waals surface area (Å²) in [6.07, 6.45) is -5.57. The molecule has 1 saturated heterocycles. The summed E-state index contributed by atoms with van der Waals surface area (Å²) >= 11 is 0. The van der Waals surface area contributed by atoms with Crippen LogP contribution in [0.15, 0.2) is 30.3 Å². The van der Waals surface area contributed by atoms with Crippen LogP contribution in [0.3, 0.4) is 0 Å². The van der Waals surface area contributed by atoms with E-state index in [1.807, 2.05) is 0 Å². The minimum absolute atomic E-state index is 0.0343. The van der Waals surface area contributed by atoms with Gasteiger partial charge in [0.25, 0.3) is 0 Å². The van der Waals surface area contributed by atoms with Crippen molar-refractivity contribution in [3.05, 3.63) is 35.9 Å². The summed E-state index contributed by atoms with van der Waals surface area (Å²) < 4.78 is 45.6. The van der Waals surface area contributed by atoms with Crippen molar-refractivity contribution in [2.75, 3.05) is 6.61 Å². The van der Waals surface area contributed by atoms with Crippen LogP contribution < -0.4 is 0 Å². The molecule has 0 radical (unpaired) electrons. The zero-order valence-electron chi connectivity index (χ0n) is 9.31. The average Bonchev–Trinajstić information content (AvgIpc) is 2.68. The second kappa shape index (κ2) is 4.97. The molecule has 1 aliphatic rings. The molecule has 0 aromatic heterocycles. The minimum Gasteiger partial charge on any atom is -0.435 e. The second-order valence-electron chi connectivity index (χ2n) is 4.01. The number of carbonyl (C=O) groups is 1. The fourth-order valence-corrected chi connectivity index (χ4v) is 1.84. The third-order valence-corrected chi connectivity index (χ3v) is 2.60. The molecule has 1 heterocycles. The highest BCUT2D eigenvalue weighted by atomic mass is 19.4. The number of rotatable bonds is 3. The number of carbonyl (C=O) groups excluding carboxylic acids is 1. The van der Waals surface area contributed by atoms with Gasteiger partial charge >= 0.3 is 12.1 Å². The van der Waals surface area contributed by atoms with Gasteiger partial charge in [0.05, 0.1) is 12.3 Å². The van der Waals surface area contributed by atoms with Crippen molar-refractivity contribution in [3.63, 3.8) is 0 Å². The maximum atomic E-state index is 12.1. The Kier molecular flexibility index (Phi) is 3.56. The summed E-state index contributed by atoms with van der Waals surface area (Å²) in [4.78, 5) is 11.2. The molecule has 0 bridgehead atoms. The fourth-order valence-electron chi connectivity index (χ4n) is 1.84. The molecule has 0 saturated carbocycles. The van der Waals surface area contributed by atoms with Gasteiger partial charge in [0.15, 0.2) is 0 Å². The third kappa shape index (κ3) is 3.22. The lowest BCUT2D eigenvalue weighted by molar-refractivity contribution is -0.221. The van der Waals surface area contributed by atoms with E-state index in [2.05, 4.69) is 4.74 Å². The first-order valence-electron chi connectivity index (χ1n) is 5.38. The Hall–Kier alpha value is -1.56. The van der Waals surface area contributed by atoms with Crippen molar-refractivity contribution >= 4 is 5.97 Å². The number of ether oxygens (including phenoxy) is 2. The Morgan fingerprint density at radius 1 is 1.28 bits per heavy atom. The van der Waals surface area contributed by atoms with Gasteiger partial charge in [-0.1, -0.05) is 30.3 Å². The van der Waals surface area contributed by atoms with E-state index in [1.165, 1.54) is 0 Å². The SMILES string of the molecule is O=C1C[C@@H](c2ccccc2)[C@H](OCC(F)(F)F)O1. The maximum Gasteiger partial charge on any atom is 0.411 e. The van der Waals surface area contributed by atoms with Gasteiger partial charge < -0.3 is 9.47 Å². The summed E-state index contributed by atoms with van der Waals surface area (Å²) in [6, 6.07) is 8.75. The number of halogens is 3. The van der Waals surface area contributed by atoms with Crippen LogP contribution in [0, 0.1) is 0 Å². The predicted molar refractivity (Wildman–Crippen MR) is 55.7 cm³/mol. The molecule has 3 nitrogen and oxygen atoms in total. The zero-order chi connectivity index (χ0) is 13.2. The first-order valence-corrected chi connectivity index (χ1v) is 5.38. The summed E-state index contributed by atoms with van der Waals surface area (Å²) in [6.45, 7) is -1.42. The van der Waals surface area contributed by atoms with E-state index in [4.69, 9.17) is 4.74 Å². The van der Waals surface area contributed by atoms with Gasteiger partial charge in [-0.15, -0.1) is 0 Å². The van der Waals surface area contributed by atoms with Crippen LogP contribution in [-0.4, -0.2) is 25.0 Å². The minimum atomic E-state index is -4.43. The maximum absolute atomic E-state index is 12.1. The lowest BCUT2D eigenvalue weighted by Gasteiger charge is -2.19. The number of hydrogen-bond donors (Lipinski definition) is 0. The first kappa shape index (κ1) is 12.9. The number of esters is 1. The number of cyclic esters (lactones) is 1. The van der Waals surface area contributed by atoms with Crippen LogP contribution >= 0.6 is 0 Å². The molecule has 6 heteroatoms. The Balaban J connectivity index is 2.06. The molecular weight excluding hydrogens is 249 g/mol. The molecule has 18 heavy (non-hydrogen) atoms. The fraction of sp³-hybridized carbons (Fsp3) is 0.417. The number of alkyl halides is 3. The van der Waals surface area contributed by atoms with Crippen molar-refractivity contribution in [2.45, 2.75) is 24.8 Å². The van der Waals surface area contributed by atoms with Crippen LogP contribution in [0.1, 0.15) is 17.9 Å². The van der Waals surface area contributed by atoms with Gasteiger partial charge in [-0.3, -0.25) is 4.79 Å². The standard InChI is InChI=1S/C12H11F3O3/c13-12(14,15)7-17-11-9(6-10(16)18-11)8-4-2-1-3-5-8/h1-5,9,11H,6-7H2/t9-,11+/m0/s1. The van der Waals surface area contributed by atoms with Crippen LogP contribution in [0.2, 0.25) is 0 Å². The lowest BCUT2D eigenvalue weighted by atomic mass is 9.97. The van der Waals surface area contributed by atoms with E-state index in [0.29, 0.717) is 0 Å². The highest BCUT2D eigenvalue weighted by molar-refractivity contribution is 5.73. The zero-order valence-corrected chi connectivity index (χ0v) is 9.31. The van der Waals surface area contributed by atoms with E-state index in [1.54, 1.807) is 30.3 Å². The Morgan fingerprint density at radius 3 is 2.56 bits per heavy atom. The van der Waals surface area contributed by atoms with E-state index < -0.39 is 31.0 Å². The van der Waals surface area contributed by atoms with E-state index in [0.717, 1.165) is 5.56 Å². The molecule has 2 rings (SSSR count). The Labute approximate surface area is 102 Å². The smallest absolute Gasteiger partial charge is 0.411 e. The summed E-state index contributed by atoms with van der Waals surface area (Å²) in [7, 11) is 0. The lowest BCUT2D eigenvalue weighted by Crippen LogP contribution is -2.26. The average molecular weight is 260 g/mol. The van der Waals surface area contributed by atoms with Crippen molar-refractivity contribution in [2.24, 2.45) is 0 Å². The van der Waals surface area contributed by atoms with Crippen molar-refractivity contribution in [1.82, 2.24) is 0 Å². The summed E-state index contributed by atoms with van der Waals surface area (Å²) in [5.74, 6) is -1.03. The van der Waals surface area contributed by atoms with Gasteiger partial charge in [0.1, 0.15) is 6.61 Å². The third-order valence-electron chi connectivity index (χ3n) is 2.60. The van der Waals surface area contributed by atoms with Crippen LogP contribution in [0.4, 0.5) is 13.2 Å². The molecule has 1 aliphatic heterocycles. The summed E-state index contributed by atoms with van der Waals surface area (Å²) in [5.41, 5.74) is 0.732.